The Morgan fingerprint density at radius 2 is 2.00 bits per heavy atom. The van der Waals surface area contributed by atoms with E-state index in [4.69, 9.17) is 5.21 Å². The van der Waals surface area contributed by atoms with E-state index >= 15 is 0 Å². The number of hydrogen-bond donors (Lipinski definition) is 1. The molecule has 1 aromatic carbocycles. The molecule has 1 rings (SSSR count). The van der Waals surface area contributed by atoms with Gasteiger partial charge in [0.05, 0.1) is 4.90 Å². The Balaban J connectivity index is 3.11. The lowest BCUT2D eigenvalue weighted by Gasteiger charge is -2.26. The van der Waals surface area contributed by atoms with Crippen LogP contribution in [0, 0.1) is 6.92 Å². The number of hydrogen-bond acceptors (Lipinski definition) is 4. The van der Waals surface area contributed by atoms with Gasteiger partial charge in [0, 0.05) is 25.2 Å². The van der Waals surface area contributed by atoms with Gasteiger partial charge in [-0.25, -0.2) is 8.42 Å². The smallest absolute Gasteiger partial charge is 0.243 e. The summed E-state index contributed by atoms with van der Waals surface area (Å²) >= 11 is 0. The van der Waals surface area contributed by atoms with Crippen molar-refractivity contribution in [3.63, 3.8) is 0 Å². The highest BCUT2D eigenvalue weighted by atomic mass is 32.2. The monoisotopic (exact) mass is 296 g/mol. The topological polar surface area (TPSA) is 70.0 Å². The van der Waals surface area contributed by atoms with Gasteiger partial charge in [-0.3, -0.25) is 0 Å². The molecule has 0 saturated heterocycles. The minimum Gasteiger partial charge on any atom is -0.411 e. The van der Waals surface area contributed by atoms with Gasteiger partial charge in [0.1, 0.15) is 0 Å². The van der Waals surface area contributed by atoms with Gasteiger partial charge in [0.15, 0.2) is 0 Å². The molecular formula is C14H20N2O3S. The van der Waals surface area contributed by atoms with E-state index in [9.17, 15) is 8.42 Å². The van der Waals surface area contributed by atoms with Gasteiger partial charge in [-0.1, -0.05) is 23.8 Å². The lowest BCUT2D eigenvalue weighted by Crippen LogP contribution is -2.39. The fourth-order valence-electron chi connectivity index (χ4n) is 1.81. The predicted octanol–water partition coefficient (Wildman–Crippen LogP) is 2.41. The van der Waals surface area contributed by atoms with Crippen LogP contribution in [0.5, 0.6) is 0 Å². The van der Waals surface area contributed by atoms with E-state index in [2.05, 4.69) is 11.7 Å². The molecule has 0 amide bonds. The minimum absolute atomic E-state index is 0.205. The molecule has 1 N–H and O–H groups in total. The summed E-state index contributed by atoms with van der Waals surface area (Å²) in [5.41, 5.74) is 1.000. The van der Waals surface area contributed by atoms with Gasteiger partial charge >= 0.3 is 0 Å². The molecule has 1 atom stereocenters. The van der Waals surface area contributed by atoms with Crippen molar-refractivity contribution in [2.24, 2.45) is 5.16 Å². The molecule has 0 fully saturated rings. The number of oxime groups is 1. The zero-order valence-corrected chi connectivity index (χ0v) is 12.5. The Morgan fingerprint density at radius 3 is 2.50 bits per heavy atom. The van der Waals surface area contributed by atoms with E-state index in [1.165, 1.54) is 10.5 Å². The highest BCUT2D eigenvalue weighted by Gasteiger charge is 2.27. The normalized spacial score (nSPS) is 13.8. The van der Waals surface area contributed by atoms with Gasteiger partial charge in [-0.2, -0.15) is 4.31 Å². The number of rotatable bonds is 7. The van der Waals surface area contributed by atoms with Crippen molar-refractivity contribution in [2.75, 3.05) is 6.54 Å². The first kappa shape index (κ1) is 16.4. The molecule has 0 saturated carbocycles. The van der Waals surface area contributed by atoms with Crippen LogP contribution in [0.1, 0.15) is 18.9 Å². The summed E-state index contributed by atoms with van der Waals surface area (Å²) in [7, 11) is -3.59. The molecule has 1 aromatic rings. The maximum absolute atomic E-state index is 12.6. The van der Waals surface area contributed by atoms with E-state index in [1.807, 2.05) is 6.92 Å². The molecule has 0 bridgehead atoms. The number of nitrogens with zero attached hydrogens (tertiary/aromatic N) is 2. The van der Waals surface area contributed by atoms with Crippen LogP contribution in [0.15, 0.2) is 47.0 Å². The lowest BCUT2D eigenvalue weighted by atomic mass is 10.2. The first-order chi connectivity index (χ1) is 9.43. The molecule has 6 heteroatoms. The third-order valence-electron chi connectivity index (χ3n) is 2.96. The van der Waals surface area contributed by atoms with Crippen LogP contribution in [0.25, 0.3) is 0 Å². The molecule has 5 nitrogen and oxygen atoms in total. The fourth-order valence-corrected chi connectivity index (χ4v) is 3.42. The maximum atomic E-state index is 12.6. The van der Waals surface area contributed by atoms with E-state index in [0.717, 1.165) is 5.56 Å². The number of sulfonamides is 1. The summed E-state index contributed by atoms with van der Waals surface area (Å²) in [4.78, 5) is 0.248. The van der Waals surface area contributed by atoms with Gasteiger partial charge in [-0.15, -0.1) is 11.7 Å². The molecular weight excluding hydrogens is 276 g/mol. The van der Waals surface area contributed by atoms with Gasteiger partial charge in [-0.05, 0) is 26.0 Å². The third-order valence-corrected chi connectivity index (χ3v) is 4.95. The summed E-state index contributed by atoms with van der Waals surface area (Å²) in [5, 5.41) is 11.4. The van der Waals surface area contributed by atoms with Crippen LogP contribution in [0.3, 0.4) is 0 Å². The van der Waals surface area contributed by atoms with Crippen LogP contribution in [-0.2, 0) is 10.0 Å². The van der Waals surface area contributed by atoms with E-state index < -0.39 is 10.0 Å². The summed E-state index contributed by atoms with van der Waals surface area (Å²) in [5.74, 6) is 0. The Hall–Kier alpha value is -1.66. The van der Waals surface area contributed by atoms with E-state index in [1.54, 1.807) is 37.3 Å². The average molecular weight is 296 g/mol. The van der Waals surface area contributed by atoms with Crippen LogP contribution < -0.4 is 0 Å². The highest BCUT2D eigenvalue weighted by molar-refractivity contribution is 7.89. The highest BCUT2D eigenvalue weighted by Crippen LogP contribution is 2.19. The SMILES string of the molecule is C=CCN(C(C)C/C=N/O)S(=O)(=O)c1ccc(C)cc1. The molecule has 20 heavy (non-hydrogen) atoms. The van der Waals surface area contributed by atoms with Crippen molar-refractivity contribution in [2.45, 2.75) is 31.2 Å². The van der Waals surface area contributed by atoms with Gasteiger partial charge < -0.3 is 5.21 Å². The molecule has 0 radical (unpaired) electrons. The largest absolute Gasteiger partial charge is 0.411 e. The first-order valence-corrected chi connectivity index (χ1v) is 7.72. The van der Waals surface area contributed by atoms with E-state index in [0.29, 0.717) is 6.42 Å². The fraction of sp³-hybridized carbons (Fsp3) is 0.357. The first-order valence-electron chi connectivity index (χ1n) is 6.28. The zero-order valence-electron chi connectivity index (χ0n) is 11.7. The van der Waals surface area contributed by atoms with Crippen LogP contribution in [-0.4, -0.2) is 36.7 Å². The molecule has 0 aliphatic carbocycles. The Labute approximate surface area is 120 Å². The molecule has 0 heterocycles. The summed E-state index contributed by atoms with van der Waals surface area (Å²) in [6.07, 6.45) is 3.15. The molecule has 1 unspecified atom stereocenters. The number of aryl methyl sites for hydroxylation is 1. The van der Waals surface area contributed by atoms with Gasteiger partial charge in [0.25, 0.3) is 0 Å². The second-order valence-electron chi connectivity index (χ2n) is 4.56. The lowest BCUT2D eigenvalue weighted by molar-refractivity contribution is 0.316. The second-order valence-corrected chi connectivity index (χ2v) is 6.45. The van der Waals surface area contributed by atoms with Crippen molar-refractivity contribution in [3.8, 4) is 0 Å². The van der Waals surface area contributed by atoms with Crippen LogP contribution >= 0.6 is 0 Å². The van der Waals surface area contributed by atoms with Crippen LogP contribution in [0.4, 0.5) is 0 Å². The van der Waals surface area contributed by atoms with Crippen LogP contribution in [0.2, 0.25) is 0 Å². The quantitative estimate of drug-likeness (QED) is 0.363. The number of benzene rings is 1. The summed E-state index contributed by atoms with van der Waals surface area (Å²) in [6.45, 7) is 7.46. The van der Waals surface area contributed by atoms with Crippen molar-refractivity contribution in [1.82, 2.24) is 4.31 Å². The standard InChI is InChI=1S/C14H20N2O3S/c1-4-11-16(13(3)9-10-15-17)20(18,19)14-7-5-12(2)6-8-14/h4-8,10,13,17H,1,9,11H2,2-3H3/b15-10+. The van der Waals surface area contributed by atoms with E-state index in [-0.39, 0.29) is 17.5 Å². The average Bonchev–Trinajstić information content (AvgIpc) is 2.42. The molecule has 0 spiro atoms. The Morgan fingerprint density at radius 1 is 1.40 bits per heavy atom. The van der Waals surface area contributed by atoms with Crippen molar-refractivity contribution >= 4 is 16.2 Å². The second kappa shape index (κ2) is 7.21. The maximum Gasteiger partial charge on any atom is 0.243 e. The predicted molar refractivity (Wildman–Crippen MR) is 79.6 cm³/mol. The minimum atomic E-state index is -3.59. The summed E-state index contributed by atoms with van der Waals surface area (Å²) in [6, 6.07) is 6.38. The molecule has 0 aliphatic heterocycles. The molecule has 0 aromatic heterocycles. The Kier molecular flexibility index (Phi) is 5.91. The summed E-state index contributed by atoms with van der Waals surface area (Å²) < 4.78 is 26.6. The molecule has 110 valence electrons. The molecule has 0 aliphatic rings. The van der Waals surface area contributed by atoms with Gasteiger partial charge in [0.2, 0.25) is 10.0 Å². The van der Waals surface area contributed by atoms with Crippen molar-refractivity contribution in [1.29, 1.82) is 0 Å². The Bertz CT molecular complexity index is 565. The third kappa shape index (κ3) is 3.91. The van der Waals surface area contributed by atoms with Crippen molar-refractivity contribution in [3.05, 3.63) is 42.5 Å². The van der Waals surface area contributed by atoms with Crippen molar-refractivity contribution < 1.29 is 13.6 Å². The zero-order chi connectivity index (χ0) is 15.2.